The van der Waals surface area contributed by atoms with Crippen molar-refractivity contribution in [2.24, 2.45) is 5.92 Å². The first-order valence-corrected chi connectivity index (χ1v) is 7.09. The van der Waals surface area contributed by atoms with Gasteiger partial charge in [0.15, 0.2) is 5.69 Å². The molecular weight excluding hydrogens is 284 g/mol. The lowest BCUT2D eigenvalue weighted by atomic mass is 10.1. The molecule has 2 aromatic rings. The molecule has 1 fully saturated rings. The van der Waals surface area contributed by atoms with Gasteiger partial charge in [-0.3, -0.25) is 9.59 Å². The van der Waals surface area contributed by atoms with Crippen molar-refractivity contribution in [2.75, 3.05) is 13.1 Å². The second-order valence-electron chi connectivity index (χ2n) is 5.36. The third-order valence-corrected chi connectivity index (χ3v) is 3.77. The maximum atomic E-state index is 12.3. The fraction of sp³-hybridized carbons (Fsp3) is 0.333. The van der Waals surface area contributed by atoms with Gasteiger partial charge in [-0.2, -0.15) is 0 Å². The van der Waals surface area contributed by atoms with E-state index in [1.165, 1.54) is 4.90 Å². The number of hydrogen-bond donors (Lipinski definition) is 1. The molecule has 1 aliphatic rings. The molecule has 3 rings (SSSR count). The average molecular weight is 300 g/mol. The molecule has 7 heteroatoms. The average Bonchev–Trinajstić information content (AvgIpc) is 3.17. The van der Waals surface area contributed by atoms with Crippen molar-refractivity contribution in [3.05, 3.63) is 47.8 Å². The topological polar surface area (TPSA) is 88.3 Å². The predicted octanol–water partition coefficient (Wildman–Crippen LogP) is 0.873. The Kier molecular flexibility index (Phi) is 3.86. The van der Waals surface area contributed by atoms with Gasteiger partial charge in [-0.15, -0.1) is 5.10 Å². The number of amides is 1. The molecular formula is C15H16N4O3. The molecule has 1 N–H and O–H groups in total. The van der Waals surface area contributed by atoms with Gasteiger partial charge in [0.1, 0.15) is 0 Å². The first-order valence-electron chi connectivity index (χ1n) is 7.09. The Hall–Kier alpha value is -2.70. The zero-order valence-corrected chi connectivity index (χ0v) is 11.9. The number of aliphatic carboxylic acids is 1. The number of benzene rings is 1. The van der Waals surface area contributed by atoms with Crippen molar-refractivity contribution in [3.63, 3.8) is 0 Å². The zero-order valence-electron chi connectivity index (χ0n) is 11.9. The van der Waals surface area contributed by atoms with E-state index in [0.717, 1.165) is 5.56 Å². The number of carbonyl (C=O) groups is 2. The zero-order chi connectivity index (χ0) is 15.5. The molecule has 0 unspecified atom stereocenters. The Morgan fingerprint density at radius 1 is 1.27 bits per heavy atom. The quantitative estimate of drug-likeness (QED) is 0.905. The van der Waals surface area contributed by atoms with E-state index in [9.17, 15) is 9.59 Å². The molecule has 0 saturated carbocycles. The maximum Gasteiger partial charge on any atom is 0.308 e. The molecule has 1 aromatic heterocycles. The van der Waals surface area contributed by atoms with E-state index in [2.05, 4.69) is 10.3 Å². The van der Waals surface area contributed by atoms with Gasteiger partial charge in [-0.1, -0.05) is 35.5 Å². The Morgan fingerprint density at radius 2 is 2.05 bits per heavy atom. The van der Waals surface area contributed by atoms with Gasteiger partial charge in [0, 0.05) is 13.1 Å². The van der Waals surface area contributed by atoms with Gasteiger partial charge in [-0.25, -0.2) is 4.68 Å². The summed E-state index contributed by atoms with van der Waals surface area (Å²) in [5.41, 5.74) is 1.32. The van der Waals surface area contributed by atoms with Crippen molar-refractivity contribution in [2.45, 2.75) is 13.0 Å². The molecule has 0 spiro atoms. The number of hydrogen-bond acceptors (Lipinski definition) is 4. The van der Waals surface area contributed by atoms with E-state index in [1.807, 2.05) is 30.3 Å². The van der Waals surface area contributed by atoms with E-state index in [4.69, 9.17) is 5.11 Å². The fourth-order valence-corrected chi connectivity index (χ4v) is 2.55. The molecule has 0 bridgehead atoms. The van der Waals surface area contributed by atoms with Gasteiger partial charge in [0.05, 0.1) is 18.7 Å². The van der Waals surface area contributed by atoms with Gasteiger partial charge in [0.2, 0.25) is 0 Å². The van der Waals surface area contributed by atoms with Crippen LogP contribution in [-0.2, 0) is 11.3 Å². The Morgan fingerprint density at radius 3 is 2.73 bits per heavy atom. The summed E-state index contributed by atoms with van der Waals surface area (Å²) in [6.45, 7) is 1.22. The third kappa shape index (κ3) is 2.98. The highest BCUT2D eigenvalue weighted by Gasteiger charge is 2.32. The van der Waals surface area contributed by atoms with Gasteiger partial charge in [0.25, 0.3) is 5.91 Å². The first-order chi connectivity index (χ1) is 10.6. The number of rotatable bonds is 4. The third-order valence-electron chi connectivity index (χ3n) is 3.77. The minimum atomic E-state index is -0.858. The number of carboxylic acid groups (broad SMARTS) is 1. The highest BCUT2D eigenvalue weighted by atomic mass is 16.4. The molecule has 2 heterocycles. The van der Waals surface area contributed by atoms with Crippen LogP contribution in [0.1, 0.15) is 22.5 Å². The van der Waals surface area contributed by atoms with E-state index < -0.39 is 11.9 Å². The van der Waals surface area contributed by atoms with Crippen LogP contribution in [0.5, 0.6) is 0 Å². The Labute approximate surface area is 127 Å². The summed E-state index contributed by atoms with van der Waals surface area (Å²) < 4.78 is 1.60. The summed E-state index contributed by atoms with van der Waals surface area (Å²) in [4.78, 5) is 24.8. The molecule has 1 saturated heterocycles. The second kappa shape index (κ2) is 5.97. The molecule has 0 aliphatic carbocycles. The van der Waals surface area contributed by atoms with Crippen molar-refractivity contribution < 1.29 is 14.7 Å². The lowest BCUT2D eigenvalue weighted by molar-refractivity contribution is -0.141. The first kappa shape index (κ1) is 14.2. The summed E-state index contributed by atoms with van der Waals surface area (Å²) >= 11 is 0. The van der Waals surface area contributed by atoms with Gasteiger partial charge >= 0.3 is 5.97 Å². The van der Waals surface area contributed by atoms with E-state index in [1.54, 1.807) is 10.9 Å². The lowest BCUT2D eigenvalue weighted by Crippen LogP contribution is -2.30. The molecule has 114 valence electrons. The summed E-state index contributed by atoms with van der Waals surface area (Å²) in [6.07, 6.45) is 2.09. The van der Waals surface area contributed by atoms with Gasteiger partial charge in [-0.05, 0) is 12.0 Å². The predicted molar refractivity (Wildman–Crippen MR) is 77.2 cm³/mol. The molecule has 1 amide bonds. The van der Waals surface area contributed by atoms with Crippen molar-refractivity contribution >= 4 is 11.9 Å². The van der Waals surface area contributed by atoms with Crippen molar-refractivity contribution in [1.29, 1.82) is 0 Å². The number of carbonyl (C=O) groups excluding carboxylic acids is 1. The largest absolute Gasteiger partial charge is 0.481 e. The molecule has 0 radical (unpaired) electrons. The highest BCUT2D eigenvalue weighted by molar-refractivity contribution is 5.92. The van der Waals surface area contributed by atoms with Crippen molar-refractivity contribution in [1.82, 2.24) is 19.9 Å². The minimum Gasteiger partial charge on any atom is -0.481 e. The van der Waals surface area contributed by atoms with Crippen molar-refractivity contribution in [3.8, 4) is 0 Å². The van der Waals surface area contributed by atoms with Crippen LogP contribution in [0.25, 0.3) is 0 Å². The fourth-order valence-electron chi connectivity index (χ4n) is 2.55. The summed E-state index contributed by atoms with van der Waals surface area (Å²) in [7, 11) is 0. The number of nitrogens with zero attached hydrogens (tertiary/aromatic N) is 4. The van der Waals surface area contributed by atoms with Crippen LogP contribution in [-0.4, -0.2) is 50.0 Å². The van der Waals surface area contributed by atoms with E-state index in [-0.39, 0.29) is 18.1 Å². The van der Waals surface area contributed by atoms with Crippen LogP contribution in [0.15, 0.2) is 36.5 Å². The molecule has 1 aliphatic heterocycles. The molecule has 7 nitrogen and oxygen atoms in total. The van der Waals surface area contributed by atoms with Crippen LogP contribution in [0.2, 0.25) is 0 Å². The van der Waals surface area contributed by atoms with Crippen LogP contribution >= 0.6 is 0 Å². The van der Waals surface area contributed by atoms with Crippen LogP contribution in [0, 0.1) is 5.92 Å². The Bertz CT molecular complexity index is 683. The lowest BCUT2D eigenvalue weighted by Gasteiger charge is -2.13. The monoisotopic (exact) mass is 300 g/mol. The maximum absolute atomic E-state index is 12.3. The summed E-state index contributed by atoms with van der Waals surface area (Å²) in [6, 6.07) is 9.76. The van der Waals surface area contributed by atoms with E-state index in [0.29, 0.717) is 19.5 Å². The summed E-state index contributed by atoms with van der Waals surface area (Å²) in [5, 5.41) is 16.8. The minimum absolute atomic E-state index is 0.236. The van der Waals surface area contributed by atoms with Crippen LogP contribution in [0.3, 0.4) is 0 Å². The number of carboxylic acids is 1. The van der Waals surface area contributed by atoms with Gasteiger partial charge < -0.3 is 10.0 Å². The van der Waals surface area contributed by atoms with Crippen LogP contribution < -0.4 is 0 Å². The number of aromatic nitrogens is 3. The SMILES string of the molecule is O=C(O)[C@H]1CCN(C(=O)c2cn(Cc3ccccc3)nn2)C1. The normalized spacial score (nSPS) is 17.6. The highest BCUT2D eigenvalue weighted by Crippen LogP contribution is 2.18. The second-order valence-corrected chi connectivity index (χ2v) is 5.36. The molecule has 1 aromatic carbocycles. The molecule has 1 atom stereocenters. The standard InChI is InChI=1S/C15H16N4O3/c20-14(18-7-6-12(9-18)15(21)22)13-10-19(17-16-13)8-11-4-2-1-3-5-11/h1-5,10,12H,6-9H2,(H,21,22)/t12-/m0/s1. The smallest absolute Gasteiger partial charge is 0.308 e. The number of likely N-dealkylation sites (tertiary alicyclic amines) is 1. The summed E-state index contributed by atoms with van der Waals surface area (Å²) in [5.74, 6) is -1.60. The van der Waals surface area contributed by atoms with Crippen LogP contribution in [0.4, 0.5) is 0 Å². The van der Waals surface area contributed by atoms with E-state index >= 15 is 0 Å². The Balaban J connectivity index is 1.66. The molecule has 22 heavy (non-hydrogen) atoms.